The highest BCUT2D eigenvalue weighted by Gasteiger charge is 2.36. The molecule has 2 heteroatoms. The first kappa shape index (κ1) is 22.2. The molecule has 0 bridgehead atoms. The summed E-state index contributed by atoms with van der Waals surface area (Å²) in [5, 5.41) is 2.63. The monoisotopic (exact) mass is 500 g/mol. The van der Waals surface area contributed by atoms with Crippen molar-refractivity contribution in [3.63, 3.8) is 0 Å². The molecule has 1 aromatic heterocycles. The summed E-state index contributed by atoms with van der Waals surface area (Å²) < 4.78 is 2.45. The molecule has 0 radical (unpaired) electrons. The van der Waals surface area contributed by atoms with Gasteiger partial charge in [0, 0.05) is 45.6 Å². The first-order valence-electron chi connectivity index (χ1n) is 13.7. The van der Waals surface area contributed by atoms with Crippen LogP contribution in [0.5, 0.6) is 0 Å². The molecule has 1 aliphatic carbocycles. The van der Waals surface area contributed by atoms with E-state index in [0.29, 0.717) is 12.0 Å². The van der Waals surface area contributed by atoms with E-state index in [1.807, 2.05) is 0 Å². The maximum absolute atomic E-state index is 2.51. The van der Waals surface area contributed by atoms with Crippen molar-refractivity contribution < 1.29 is 0 Å². The number of aromatic nitrogens is 1. The highest BCUT2D eigenvalue weighted by molar-refractivity contribution is 6.08. The van der Waals surface area contributed by atoms with Gasteiger partial charge in [0.15, 0.2) is 0 Å². The summed E-state index contributed by atoms with van der Waals surface area (Å²) in [5.74, 6) is 0.393. The fraction of sp³-hybridized carbons (Fsp3) is 0.0811. The average molecular weight is 501 g/mol. The van der Waals surface area contributed by atoms with Gasteiger partial charge in [0.05, 0.1) is 6.04 Å². The van der Waals surface area contributed by atoms with Crippen LogP contribution >= 0.6 is 0 Å². The Morgan fingerprint density at radius 3 is 2.05 bits per heavy atom. The van der Waals surface area contributed by atoms with Crippen LogP contribution in [0.2, 0.25) is 0 Å². The lowest BCUT2D eigenvalue weighted by atomic mass is 9.91. The molecular weight excluding hydrogens is 472 g/mol. The van der Waals surface area contributed by atoms with Crippen molar-refractivity contribution in [2.75, 3.05) is 4.90 Å². The molecule has 0 amide bonds. The Balaban J connectivity index is 1.18. The molecule has 2 unspecified atom stereocenters. The molecule has 2 nitrogen and oxygen atoms in total. The van der Waals surface area contributed by atoms with Crippen LogP contribution in [0.4, 0.5) is 11.4 Å². The maximum Gasteiger partial charge on any atom is 0.0629 e. The minimum atomic E-state index is 0.310. The Bertz CT molecular complexity index is 1870. The largest absolute Gasteiger partial charge is 0.336 e. The van der Waals surface area contributed by atoms with Gasteiger partial charge < -0.3 is 9.47 Å². The fourth-order valence-electron chi connectivity index (χ4n) is 6.63. The average Bonchev–Trinajstić information content (AvgIpc) is 3.51. The SMILES string of the molecule is C1=CC2c3ccccc3N(c3cccc(-c4cccc(Cn5c6ccccc6c6ccccc65)c4)c3)C2C=C1. The van der Waals surface area contributed by atoms with Gasteiger partial charge in [-0.3, -0.25) is 0 Å². The highest BCUT2D eigenvalue weighted by Crippen LogP contribution is 2.47. The van der Waals surface area contributed by atoms with Gasteiger partial charge in [-0.05, 0) is 58.7 Å². The van der Waals surface area contributed by atoms with Gasteiger partial charge in [-0.25, -0.2) is 0 Å². The zero-order valence-corrected chi connectivity index (χ0v) is 21.6. The number of benzene rings is 5. The third-order valence-corrected chi connectivity index (χ3v) is 8.36. The molecule has 2 heterocycles. The van der Waals surface area contributed by atoms with Crippen LogP contribution in [0.25, 0.3) is 32.9 Å². The molecule has 0 saturated carbocycles. The molecule has 0 N–H and O–H groups in total. The van der Waals surface area contributed by atoms with Crippen LogP contribution < -0.4 is 4.90 Å². The van der Waals surface area contributed by atoms with Crippen molar-refractivity contribution >= 4 is 33.2 Å². The zero-order valence-electron chi connectivity index (χ0n) is 21.6. The standard InChI is InChI=1S/C37H28N2/c1-5-19-34-30(15-1)31-16-2-6-20-35(31)38(34)25-26-11-9-12-27(23-26)28-13-10-14-29(24-28)39-36-21-7-3-17-32(36)33-18-4-8-22-37(33)39/h1-24,32,36H,25H2. The van der Waals surface area contributed by atoms with Gasteiger partial charge in [0.25, 0.3) is 0 Å². The van der Waals surface area contributed by atoms with Crippen molar-refractivity contribution in [3.8, 4) is 11.1 Å². The second-order valence-electron chi connectivity index (χ2n) is 10.6. The molecule has 0 fully saturated rings. The normalized spacial score (nSPS) is 17.6. The third kappa shape index (κ3) is 3.56. The lowest BCUT2D eigenvalue weighted by molar-refractivity contribution is 0.745. The number of hydrogen-bond acceptors (Lipinski definition) is 1. The van der Waals surface area contributed by atoms with Gasteiger partial charge >= 0.3 is 0 Å². The van der Waals surface area contributed by atoms with E-state index < -0.39 is 0 Å². The van der Waals surface area contributed by atoms with Crippen LogP contribution in [-0.2, 0) is 6.54 Å². The van der Waals surface area contributed by atoms with E-state index in [-0.39, 0.29) is 0 Å². The molecule has 186 valence electrons. The highest BCUT2D eigenvalue weighted by atomic mass is 15.2. The first-order chi connectivity index (χ1) is 19.3. The van der Waals surface area contributed by atoms with Crippen molar-refractivity contribution in [3.05, 3.63) is 157 Å². The summed E-state index contributed by atoms with van der Waals surface area (Å²) in [6.45, 7) is 0.835. The van der Waals surface area contributed by atoms with E-state index in [1.54, 1.807) is 0 Å². The van der Waals surface area contributed by atoms with Crippen LogP contribution in [0, 0.1) is 0 Å². The molecule has 8 rings (SSSR count). The molecule has 6 aromatic rings. The number of anilines is 2. The second kappa shape index (κ2) is 8.89. The van der Waals surface area contributed by atoms with E-state index in [0.717, 1.165) is 6.54 Å². The molecule has 2 atom stereocenters. The molecule has 39 heavy (non-hydrogen) atoms. The van der Waals surface area contributed by atoms with Gasteiger partial charge in [-0.1, -0.05) is 109 Å². The molecule has 2 aliphatic rings. The minimum absolute atomic E-state index is 0.310. The molecular formula is C37H28N2. The van der Waals surface area contributed by atoms with E-state index >= 15 is 0 Å². The van der Waals surface area contributed by atoms with E-state index in [2.05, 4.69) is 155 Å². The zero-order chi connectivity index (χ0) is 25.8. The van der Waals surface area contributed by atoms with Crippen molar-refractivity contribution in [2.45, 2.75) is 18.5 Å². The lowest BCUT2D eigenvalue weighted by Crippen LogP contribution is -2.28. The summed E-state index contributed by atoms with van der Waals surface area (Å²) in [4.78, 5) is 2.51. The summed E-state index contributed by atoms with van der Waals surface area (Å²) in [5.41, 5.74) is 10.3. The smallest absolute Gasteiger partial charge is 0.0629 e. The predicted molar refractivity (Wildman–Crippen MR) is 164 cm³/mol. The lowest BCUT2D eigenvalue weighted by Gasteiger charge is -2.29. The molecule has 0 saturated heterocycles. The first-order valence-corrected chi connectivity index (χ1v) is 13.7. The number of nitrogens with zero attached hydrogens (tertiary/aromatic N) is 2. The summed E-state index contributed by atoms with van der Waals surface area (Å²) in [7, 11) is 0. The Hall–Kier alpha value is -4.82. The van der Waals surface area contributed by atoms with Crippen LogP contribution in [-0.4, -0.2) is 10.6 Å². The van der Waals surface area contributed by atoms with Crippen LogP contribution in [0.15, 0.2) is 146 Å². The number of fused-ring (bicyclic) bond motifs is 6. The number of rotatable bonds is 4. The number of para-hydroxylation sites is 3. The van der Waals surface area contributed by atoms with E-state index in [4.69, 9.17) is 0 Å². The second-order valence-corrected chi connectivity index (χ2v) is 10.6. The van der Waals surface area contributed by atoms with Crippen molar-refractivity contribution in [2.24, 2.45) is 0 Å². The van der Waals surface area contributed by atoms with E-state index in [1.165, 1.54) is 55.4 Å². The van der Waals surface area contributed by atoms with Crippen molar-refractivity contribution in [1.29, 1.82) is 0 Å². The summed E-state index contributed by atoms with van der Waals surface area (Å²) >= 11 is 0. The molecule has 1 aliphatic heterocycles. The maximum atomic E-state index is 2.51. The number of allylic oxidation sites excluding steroid dienone is 2. The molecule has 5 aromatic carbocycles. The Morgan fingerprint density at radius 1 is 0.564 bits per heavy atom. The van der Waals surface area contributed by atoms with Gasteiger partial charge in [0.2, 0.25) is 0 Å². The topological polar surface area (TPSA) is 8.17 Å². The van der Waals surface area contributed by atoms with Gasteiger partial charge in [0.1, 0.15) is 0 Å². The quantitative estimate of drug-likeness (QED) is 0.234. The Morgan fingerprint density at radius 2 is 1.23 bits per heavy atom. The third-order valence-electron chi connectivity index (χ3n) is 8.36. The number of hydrogen-bond donors (Lipinski definition) is 0. The Labute approximate surface area is 228 Å². The van der Waals surface area contributed by atoms with Gasteiger partial charge in [-0.2, -0.15) is 0 Å². The summed E-state index contributed by atoms with van der Waals surface area (Å²) in [6.07, 6.45) is 9.04. The van der Waals surface area contributed by atoms with Crippen molar-refractivity contribution in [1.82, 2.24) is 4.57 Å². The minimum Gasteiger partial charge on any atom is -0.336 e. The fourth-order valence-corrected chi connectivity index (χ4v) is 6.63. The van der Waals surface area contributed by atoms with Crippen LogP contribution in [0.1, 0.15) is 17.0 Å². The Kier molecular flexibility index (Phi) is 5.06. The van der Waals surface area contributed by atoms with Gasteiger partial charge in [-0.15, -0.1) is 0 Å². The van der Waals surface area contributed by atoms with E-state index in [9.17, 15) is 0 Å². The summed E-state index contributed by atoms with van der Waals surface area (Å²) in [6, 6.07) is 44.7. The molecule has 0 spiro atoms. The van der Waals surface area contributed by atoms with Crippen LogP contribution in [0.3, 0.4) is 0 Å². The predicted octanol–water partition coefficient (Wildman–Crippen LogP) is 9.24.